The van der Waals surface area contributed by atoms with Crippen LogP contribution >= 0.6 is 23.7 Å². The second kappa shape index (κ2) is 10.0. The number of nitrogens with one attached hydrogen (secondary N) is 1. The molecule has 3 atom stereocenters. The van der Waals surface area contributed by atoms with Crippen molar-refractivity contribution in [1.82, 2.24) is 5.32 Å². The molecule has 7 heteroatoms. The zero-order valence-corrected chi connectivity index (χ0v) is 17.9. The summed E-state index contributed by atoms with van der Waals surface area (Å²) in [6, 6.07) is 11.7. The van der Waals surface area contributed by atoms with Gasteiger partial charge in [0.25, 0.3) is 0 Å². The lowest BCUT2D eigenvalue weighted by Crippen LogP contribution is -2.48. The van der Waals surface area contributed by atoms with Crippen LogP contribution in [0.15, 0.2) is 41.8 Å². The van der Waals surface area contributed by atoms with Gasteiger partial charge in [-0.1, -0.05) is 23.8 Å². The van der Waals surface area contributed by atoms with Crippen LogP contribution in [-0.4, -0.2) is 24.4 Å². The third-order valence-corrected chi connectivity index (χ3v) is 5.92. The topological polar surface area (TPSA) is 75.4 Å². The van der Waals surface area contributed by atoms with Crippen molar-refractivity contribution in [2.45, 2.75) is 45.2 Å². The highest BCUT2D eigenvalue weighted by Gasteiger charge is 2.41. The average molecular weight is 422 g/mol. The maximum absolute atomic E-state index is 12.9. The Balaban J connectivity index is 0.00000280. The summed E-state index contributed by atoms with van der Waals surface area (Å²) in [5, 5.41) is 5.01. The van der Waals surface area contributed by atoms with E-state index >= 15 is 0 Å². The quantitative estimate of drug-likeness (QED) is 0.744. The smallest absolute Gasteiger partial charge is 0.227 e. The van der Waals surface area contributed by atoms with Crippen molar-refractivity contribution < 1.29 is 9.59 Å². The molecule has 2 amide bonds. The van der Waals surface area contributed by atoms with E-state index in [0.29, 0.717) is 19.4 Å². The highest BCUT2D eigenvalue weighted by atomic mass is 35.5. The molecule has 1 aromatic heterocycles. The van der Waals surface area contributed by atoms with Crippen LogP contribution in [0.2, 0.25) is 0 Å². The number of piperidine rings is 1. The summed E-state index contributed by atoms with van der Waals surface area (Å²) in [5.41, 5.74) is 7.77. The van der Waals surface area contributed by atoms with Crippen molar-refractivity contribution in [3.63, 3.8) is 0 Å². The fourth-order valence-corrected chi connectivity index (χ4v) is 4.40. The number of nitrogens with two attached hydrogens (primary N) is 1. The molecule has 5 nitrogen and oxygen atoms in total. The highest BCUT2D eigenvalue weighted by molar-refractivity contribution is 7.10. The number of hydrogen-bond donors (Lipinski definition) is 2. The van der Waals surface area contributed by atoms with Crippen molar-refractivity contribution in [2.75, 3.05) is 11.4 Å². The van der Waals surface area contributed by atoms with Gasteiger partial charge in [0.1, 0.15) is 0 Å². The van der Waals surface area contributed by atoms with Crippen molar-refractivity contribution >= 4 is 41.2 Å². The number of amides is 2. The van der Waals surface area contributed by atoms with Crippen LogP contribution in [0, 0.1) is 12.8 Å². The summed E-state index contributed by atoms with van der Waals surface area (Å²) in [6.45, 7) is 4.51. The maximum Gasteiger partial charge on any atom is 0.227 e. The number of hydrogen-bond acceptors (Lipinski definition) is 4. The molecule has 1 aromatic carbocycles. The Bertz CT molecular complexity index is 777. The molecule has 1 aliphatic rings. The summed E-state index contributed by atoms with van der Waals surface area (Å²) >= 11 is 1.59. The molecule has 1 saturated heterocycles. The summed E-state index contributed by atoms with van der Waals surface area (Å²) in [5.74, 6) is -0.203. The Morgan fingerprint density at radius 2 is 2.04 bits per heavy atom. The largest absolute Gasteiger partial charge is 0.356 e. The number of halogens is 1. The van der Waals surface area contributed by atoms with Crippen LogP contribution in [0.25, 0.3) is 0 Å². The van der Waals surface area contributed by atoms with Gasteiger partial charge in [-0.25, -0.2) is 0 Å². The van der Waals surface area contributed by atoms with E-state index in [2.05, 4.69) is 5.32 Å². The SMILES string of the molecule is Cc1ccc(N2C(=O)CCC(C(=O)NCCC(C)N)C2c2cccs2)cc1.Cl. The normalized spacial score (nSPS) is 20.4. The van der Waals surface area contributed by atoms with Gasteiger partial charge in [0.15, 0.2) is 0 Å². The first-order valence-corrected chi connectivity index (χ1v) is 10.3. The molecule has 3 N–H and O–H groups in total. The summed E-state index contributed by atoms with van der Waals surface area (Å²) in [6.07, 6.45) is 1.68. The Kier molecular flexibility index (Phi) is 8.04. The number of nitrogens with zero attached hydrogens (tertiary/aromatic N) is 1. The van der Waals surface area contributed by atoms with Gasteiger partial charge < -0.3 is 16.0 Å². The second-order valence-electron chi connectivity index (χ2n) is 7.26. The van der Waals surface area contributed by atoms with E-state index in [9.17, 15) is 9.59 Å². The average Bonchev–Trinajstić information content (AvgIpc) is 3.16. The molecule has 3 rings (SSSR count). The standard InChI is InChI=1S/C21H27N3O2S.ClH/c1-14-5-7-16(8-6-14)24-19(25)10-9-17(20(24)18-4-3-13-27-18)21(26)23-12-11-15(2)22;/h3-8,13,15,17,20H,9-12,22H2,1-2H3,(H,23,26);1H. The van der Waals surface area contributed by atoms with Crippen LogP contribution in [0.5, 0.6) is 0 Å². The Hall–Kier alpha value is -1.89. The monoisotopic (exact) mass is 421 g/mol. The molecule has 0 saturated carbocycles. The molecule has 0 aliphatic carbocycles. The van der Waals surface area contributed by atoms with Gasteiger partial charge in [-0.15, -0.1) is 23.7 Å². The third-order valence-electron chi connectivity index (χ3n) is 4.98. The Labute approximate surface area is 176 Å². The molecule has 152 valence electrons. The van der Waals surface area contributed by atoms with Gasteiger partial charge in [0, 0.05) is 29.6 Å². The predicted molar refractivity (Wildman–Crippen MR) is 117 cm³/mol. The Morgan fingerprint density at radius 1 is 1.32 bits per heavy atom. The molecule has 1 aliphatic heterocycles. The molecule has 2 heterocycles. The van der Waals surface area contributed by atoms with Crippen LogP contribution in [0.3, 0.4) is 0 Å². The van der Waals surface area contributed by atoms with Crippen molar-refractivity contribution in [2.24, 2.45) is 11.7 Å². The molecule has 1 fully saturated rings. The minimum atomic E-state index is -0.274. The fourth-order valence-electron chi connectivity index (χ4n) is 3.52. The predicted octanol–water partition coefficient (Wildman–Crippen LogP) is 3.82. The first-order valence-electron chi connectivity index (χ1n) is 9.43. The number of thiophene rings is 1. The second-order valence-corrected chi connectivity index (χ2v) is 8.24. The number of benzene rings is 1. The summed E-state index contributed by atoms with van der Waals surface area (Å²) < 4.78 is 0. The van der Waals surface area contributed by atoms with Gasteiger partial charge >= 0.3 is 0 Å². The first-order chi connectivity index (χ1) is 13.0. The molecule has 3 unspecified atom stereocenters. The summed E-state index contributed by atoms with van der Waals surface area (Å²) in [4.78, 5) is 28.6. The lowest BCUT2D eigenvalue weighted by molar-refractivity contribution is -0.129. The number of aryl methyl sites for hydroxylation is 1. The number of carbonyl (C=O) groups is 2. The molecule has 28 heavy (non-hydrogen) atoms. The lowest BCUT2D eigenvalue weighted by Gasteiger charge is -2.40. The van der Waals surface area contributed by atoms with Gasteiger partial charge in [0.05, 0.1) is 12.0 Å². The van der Waals surface area contributed by atoms with E-state index in [-0.39, 0.29) is 42.2 Å². The highest BCUT2D eigenvalue weighted by Crippen LogP contribution is 2.41. The molecule has 0 spiro atoms. The molecular weight excluding hydrogens is 394 g/mol. The van der Waals surface area contributed by atoms with E-state index in [1.165, 1.54) is 0 Å². The first kappa shape index (κ1) is 22.4. The van der Waals surface area contributed by atoms with E-state index < -0.39 is 0 Å². The van der Waals surface area contributed by atoms with Crippen LogP contribution < -0.4 is 16.0 Å². The van der Waals surface area contributed by atoms with Gasteiger partial charge in [-0.05, 0) is 50.3 Å². The van der Waals surface area contributed by atoms with Crippen LogP contribution in [0.4, 0.5) is 5.69 Å². The molecule has 0 radical (unpaired) electrons. The molecular formula is C21H28ClN3O2S. The molecule has 2 aromatic rings. The minimum Gasteiger partial charge on any atom is -0.356 e. The van der Waals surface area contributed by atoms with Crippen molar-refractivity contribution in [3.8, 4) is 0 Å². The van der Waals surface area contributed by atoms with Gasteiger partial charge in [0.2, 0.25) is 11.8 Å². The third kappa shape index (κ3) is 5.13. The number of carbonyl (C=O) groups excluding carboxylic acids is 2. The maximum atomic E-state index is 12.9. The van der Waals surface area contributed by atoms with E-state index in [0.717, 1.165) is 22.5 Å². The van der Waals surface area contributed by atoms with Gasteiger partial charge in [-0.3, -0.25) is 9.59 Å². The van der Waals surface area contributed by atoms with Crippen molar-refractivity contribution in [1.29, 1.82) is 0 Å². The van der Waals surface area contributed by atoms with Crippen molar-refractivity contribution in [3.05, 3.63) is 52.2 Å². The van der Waals surface area contributed by atoms with E-state index in [1.54, 1.807) is 11.3 Å². The number of anilines is 1. The van der Waals surface area contributed by atoms with Gasteiger partial charge in [-0.2, -0.15) is 0 Å². The Morgan fingerprint density at radius 3 is 2.64 bits per heavy atom. The summed E-state index contributed by atoms with van der Waals surface area (Å²) in [7, 11) is 0. The zero-order chi connectivity index (χ0) is 19.4. The molecule has 0 bridgehead atoms. The number of rotatable bonds is 6. The van der Waals surface area contributed by atoms with Crippen LogP contribution in [0.1, 0.15) is 42.7 Å². The fraction of sp³-hybridized carbons (Fsp3) is 0.429. The van der Waals surface area contributed by atoms with E-state index in [1.807, 2.05) is 60.5 Å². The van der Waals surface area contributed by atoms with Crippen LogP contribution in [-0.2, 0) is 9.59 Å². The van der Waals surface area contributed by atoms with E-state index in [4.69, 9.17) is 5.73 Å². The lowest BCUT2D eigenvalue weighted by atomic mass is 9.86. The zero-order valence-electron chi connectivity index (χ0n) is 16.3. The minimum absolute atomic E-state index is 0.